The fraction of sp³-hybridized carbons (Fsp3) is 0.440. The summed E-state index contributed by atoms with van der Waals surface area (Å²) < 4.78 is 0. The lowest BCUT2D eigenvalue weighted by molar-refractivity contribution is -0.144. The maximum atomic E-state index is 13.5. The number of piperidine rings is 1. The standard InChI is InChI=1S/C25H27Cl2N3O3/c26-21-8-9-22(27)20-14-18(6-7-19(20)21)28-12-10-25(11-13-28)24(33)29(15-23(31)32)16-30(25)17-4-2-1-3-5-17/h1-5,8-9,18H,6-7,10-16H2,(H,31,32). The molecule has 2 aliphatic heterocycles. The minimum Gasteiger partial charge on any atom is -0.480 e. The van der Waals surface area contributed by atoms with Gasteiger partial charge in [0.15, 0.2) is 0 Å². The number of para-hydroxylation sites is 1. The highest BCUT2D eigenvalue weighted by Gasteiger charge is 2.54. The Morgan fingerprint density at radius 1 is 1.03 bits per heavy atom. The van der Waals surface area contributed by atoms with Crippen LogP contribution in [0.1, 0.15) is 30.4 Å². The van der Waals surface area contributed by atoms with Crippen molar-refractivity contribution < 1.29 is 14.7 Å². The van der Waals surface area contributed by atoms with E-state index in [1.165, 1.54) is 10.5 Å². The zero-order chi connectivity index (χ0) is 23.2. The second kappa shape index (κ2) is 8.82. The Balaban J connectivity index is 1.36. The van der Waals surface area contributed by atoms with Gasteiger partial charge in [0.05, 0.1) is 6.67 Å². The van der Waals surface area contributed by atoms with Gasteiger partial charge in [0.2, 0.25) is 0 Å². The average molecular weight is 488 g/mol. The number of carboxylic acids is 1. The zero-order valence-electron chi connectivity index (χ0n) is 18.3. The predicted octanol–water partition coefficient (Wildman–Crippen LogP) is 4.08. The molecular formula is C25H27Cl2N3O3. The maximum Gasteiger partial charge on any atom is 0.323 e. The Labute approximate surface area is 203 Å². The fourth-order valence-electron chi connectivity index (χ4n) is 5.83. The van der Waals surface area contributed by atoms with Crippen LogP contribution in [0.4, 0.5) is 5.69 Å². The number of rotatable bonds is 4. The Morgan fingerprint density at radius 2 is 1.70 bits per heavy atom. The average Bonchev–Trinajstić information content (AvgIpc) is 3.08. The number of nitrogens with zero attached hydrogens (tertiary/aromatic N) is 3. The van der Waals surface area contributed by atoms with Crippen LogP contribution in [-0.2, 0) is 22.4 Å². The van der Waals surface area contributed by atoms with Crippen LogP contribution in [0, 0.1) is 0 Å². The Morgan fingerprint density at radius 3 is 2.36 bits per heavy atom. The number of carbonyl (C=O) groups is 2. The lowest BCUT2D eigenvalue weighted by atomic mass is 9.82. The summed E-state index contributed by atoms with van der Waals surface area (Å²) >= 11 is 12.9. The Bertz CT molecular complexity index is 1070. The molecule has 6 nitrogen and oxygen atoms in total. The number of fused-ring (bicyclic) bond motifs is 1. The zero-order valence-corrected chi connectivity index (χ0v) is 19.9. The van der Waals surface area contributed by atoms with Gasteiger partial charge in [-0.1, -0.05) is 41.4 Å². The summed E-state index contributed by atoms with van der Waals surface area (Å²) in [5.41, 5.74) is 2.58. The van der Waals surface area contributed by atoms with Crippen molar-refractivity contribution in [3.63, 3.8) is 0 Å². The van der Waals surface area contributed by atoms with Crippen LogP contribution in [0.3, 0.4) is 0 Å². The van der Waals surface area contributed by atoms with Crippen LogP contribution in [0.25, 0.3) is 0 Å². The number of carbonyl (C=O) groups excluding carboxylic acids is 1. The maximum absolute atomic E-state index is 13.5. The van der Waals surface area contributed by atoms with Crippen LogP contribution >= 0.6 is 23.2 Å². The van der Waals surface area contributed by atoms with Gasteiger partial charge in [0, 0.05) is 34.9 Å². The Kier molecular flexibility index (Phi) is 6.02. The van der Waals surface area contributed by atoms with Crippen molar-refractivity contribution in [2.75, 3.05) is 31.2 Å². The number of benzene rings is 2. The highest BCUT2D eigenvalue weighted by atomic mass is 35.5. The third kappa shape index (κ3) is 3.98. The number of likely N-dealkylation sites (tertiary alicyclic amines) is 1. The summed E-state index contributed by atoms with van der Waals surface area (Å²) in [5.74, 6) is -1.06. The molecule has 33 heavy (non-hydrogen) atoms. The van der Waals surface area contributed by atoms with E-state index in [1.54, 1.807) is 0 Å². The molecule has 1 N–H and O–H groups in total. The normalized spacial score (nSPS) is 22.6. The first-order chi connectivity index (χ1) is 15.9. The molecule has 8 heteroatoms. The third-order valence-corrected chi connectivity index (χ3v) is 8.24. The van der Waals surface area contributed by atoms with Crippen molar-refractivity contribution in [3.8, 4) is 0 Å². The van der Waals surface area contributed by atoms with E-state index in [4.69, 9.17) is 23.2 Å². The first-order valence-electron chi connectivity index (χ1n) is 11.4. The van der Waals surface area contributed by atoms with Crippen LogP contribution in [0.15, 0.2) is 42.5 Å². The van der Waals surface area contributed by atoms with Crippen LogP contribution in [0.5, 0.6) is 0 Å². The van der Waals surface area contributed by atoms with Gasteiger partial charge in [-0.3, -0.25) is 14.5 Å². The number of amides is 1. The van der Waals surface area contributed by atoms with Gasteiger partial charge >= 0.3 is 5.97 Å². The van der Waals surface area contributed by atoms with Crippen LogP contribution in [-0.4, -0.2) is 64.7 Å². The van der Waals surface area contributed by atoms with E-state index in [-0.39, 0.29) is 12.5 Å². The number of halogens is 2. The minimum absolute atomic E-state index is 0.0720. The van der Waals surface area contributed by atoms with Gasteiger partial charge in [-0.15, -0.1) is 0 Å². The van der Waals surface area contributed by atoms with Crippen LogP contribution < -0.4 is 4.90 Å². The summed E-state index contributed by atoms with van der Waals surface area (Å²) in [6, 6.07) is 14.0. The summed E-state index contributed by atoms with van der Waals surface area (Å²) in [5, 5.41) is 10.9. The van der Waals surface area contributed by atoms with E-state index in [0.29, 0.717) is 25.6 Å². The van der Waals surface area contributed by atoms with Crippen molar-refractivity contribution in [2.24, 2.45) is 0 Å². The highest BCUT2D eigenvalue weighted by Crippen LogP contribution is 2.41. The minimum atomic E-state index is -0.984. The fourth-order valence-corrected chi connectivity index (χ4v) is 6.36. The molecule has 2 aromatic carbocycles. The first-order valence-corrected chi connectivity index (χ1v) is 12.2. The molecule has 1 unspecified atom stereocenters. The third-order valence-electron chi connectivity index (χ3n) is 7.53. The van der Waals surface area contributed by atoms with E-state index in [1.807, 2.05) is 42.5 Å². The summed E-state index contributed by atoms with van der Waals surface area (Å²) in [6.45, 7) is 1.61. The summed E-state index contributed by atoms with van der Waals surface area (Å²) in [7, 11) is 0. The van der Waals surface area contributed by atoms with Gasteiger partial charge < -0.3 is 14.9 Å². The molecule has 0 aromatic heterocycles. The summed E-state index contributed by atoms with van der Waals surface area (Å²) in [6.07, 6.45) is 4.13. The number of aliphatic carboxylic acids is 1. The molecule has 2 heterocycles. The van der Waals surface area contributed by atoms with Gasteiger partial charge in [-0.05, 0) is 67.5 Å². The number of carboxylic acid groups (broad SMARTS) is 1. The largest absolute Gasteiger partial charge is 0.480 e. The van der Waals surface area contributed by atoms with Crippen molar-refractivity contribution >= 4 is 40.8 Å². The van der Waals surface area contributed by atoms with Crippen LogP contribution in [0.2, 0.25) is 10.0 Å². The SMILES string of the molecule is O=C(O)CN1CN(c2ccccc2)C2(CCN(C3CCc4c(Cl)ccc(Cl)c4C3)CC2)C1=O. The van der Waals surface area contributed by atoms with Gasteiger partial charge in [-0.2, -0.15) is 0 Å². The van der Waals surface area contributed by atoms with E-state index in [2.05, 4.69) is 9.80 Å². The molecule has 174 valence electrons. The molecule has 3 aliphatic rings. The molecule has 2 aromatic rings. The number of anilines is 1. The van der Waals surface area contributed by atoms with E-state index >= 15 is 0 Å². The molecule has 1 spiro atoms. The van der Waals surface area contributed by atoms with E-state index in [0.717, 1.165) is 53.6 Å². The second-order valence-electron chi connectivity index (χ2n) is 9.25. The highest BCUT2D eigenvalue weighted by molar-refractivity contribution is 6.34. The molecule has 0 saturated carbocycles. The summed E-state index contributed by atoms with van der Waals surface area (Å²) in [4.78, 5) is 30.9. The van der Waals surface area contributed by atoms with Crippen molar-refractivity contribution in [1.82, 2.24) is 9.80 Å². The molecule has 1 aliphatic carbocycles. The van der Waals surface area contributed by atoms with Gasteiger partial charge in [0.25, 0.3) is 5.91 Å². The molecule has 2 fully saturated rings. The number of hydrogen-bond acceptors (Lipinski definition) is 4. The van der Waals surface area contributed by atoms with Crippen molar-refractivity contribution in [3.05, 3.63) is 63.6 Å². The lowest BCUT2D eigenvalue weighted by Gasteiger charge is -2.46. The second-order valence-corrected chi connectivity index (χ2v) is 10.1. The molecule has 0 radical (unpaired) electrons. The van der Waals surface area contributed by atoms with Crippen molar-refractivity contribution in [2.45, 2.75) is 43.7 Å². The quantitative estimate of drug-likeness (QED) is 0.703. The van der Waals surface area contributed by atoms with E-state index in [9.17, 15) is 14.7 Å². The Hall–Kier alpha value is -2.28. The predicted molar refractivity (Wildman–Crippen MR) is 129 cm³/mol. The van der Waals surface area contributed by atoms with Crippen molar-refractivity contribution in [1.29, 1.82) is 0 Å². The molecular weight excluding hydrogens is 461 g/mol. The molecule has 1 amide bonds. The van der Waals surface area contributed by atoms with Gasteiger partial charge in [-0.25, -0.2) is 0 Å². The molecule has 0 bridgehead atoms. The molecule has 5 rings (SSSR count). The lowest BCUT2D eigenvalue weighted by Crippen LogP contribution is -2.58. The smallest absolute Gasteiger partial charge is 0.323 e. The van der Waals surface area contributed by atoms with E-state index < -0.39 is 11.5 Å². The first kappa shape index (κ1) is 22.5. The molecule has 2 saturated heterocycles. The topological polar surface area (TPSA) is 64.1 Å². The van der Waals surface area contributed by atoms with Gasteiger partial charge in [0.1, 0.15) is 12.1 Å². The number of hydrogen-bond donors (Lipinski definition) is 1. The monoisotopic (exact) mass is 487 g/mol. The molecule has 1 atom stereocenters.